The van der Waals surface area contributed by atoms with Crippen LogP contribution in [-0.2, 0) is 14.2 Å². The molecule has 174 valence electrons. The summed E-state index contributed by atoms with van der Waals surface area (Å²) in [5.74, 6) is 0.342. The lowest BCUT2D eigenvalue weighted by Crippen LogP contribution is -2.43. The molecule has 0 amide bonds. The van der Waals surface area contributed by atoms with E-state index < -0.39 is 0 Å². The van der Waals surface area contributed by atoms with Crippen molar-refractivity contribution in [2.75, 3.05) is 40.5 Å². The number of likely N-dealkylation sites (tertiary alicyclic amines) is 1. The third kappa shape index (κ3) is 7.58. The number of rotatable bonds is 11. The molecule has 0 atom stereocenters. The van der Waals surface area contributed by atoms with Crippen LogP contribution < -0.4 is 0 Å². The van der Waals surface area contributed by atoms with Crippen molar-refractivity contribution in [3.63, 3.8) is 0 Å². The van der Waals surface area contributed by atoms with Gasteiger partial charge in [0.1, 0.15) is 0 Å². The van der Waals surface area contributed by atoms with Crippen LogP contribution in [0.4, 0.5) is 0 Å². The second kappa shape index (κ2) is 13.2. The van der Waals surface area contributed by atoms with Crippen molar-refractivity contribution in [2.24, 2.45) is 0 Å². The summed E-state index contributed by atoms with van der Waals surface area (Å²) < 4.78 is 16.0. The summed E-state index contributed by atoms with van der Waals surface area (Å²) in [6.45, 7) is 4.16. The maximum atomic E-state index is 11.6. The van der Waals surface area contributed by atoms with Crippen LogP contribution in [0.1, 0.15) is 86.0 Å². The van der Waals surface area contributed by atoms with E-state index in [9.17, 15) is 4.79 Å². The number of nitrogens with zero attached hydrogens (tertiary/aromatic N) is 1. The van der Waals surface area contributed by atoms with Gasteiger partial charge >= 0.3 is 5.97 Å². The van der Waals surface area contributed by atoms with Crippen molar-refractivity contribution in [1.29, 1.82) is 0 Å². The molecule has 5 heteroatoms. The monoisotopic (exact) mass is 431 g/mol. The molecule has 0 spiro atoms. The molecule has 0 aromatic heterocycles. The van der Waals surface area contributed by atoms with Gasteiger partial charge in [-0.2, -0.15) is 0 Å². The molecule has 1 aromatic carbocycles. The fraction of sp³-hybridized carbons (Fsp3) is 0.731. The minimum atomic E-state index is -0.261. The molecule has 0 radical (unpaired) electrons. The number of esters is 1. The first kappa shape index (κ1) is 24.2. The molecule has 1 saturated heterocycles. The molecule has 3 rings (SSSR count). The van der Waals surface area contributed by atoms with Gasteiger partial charge < -0.3 is 19.1 Å². The van der Waals surface area contributed by atoms with Crippen molar-refractivity contribution in [2.45, 2.75) is 82.3 Å². The van der Waals surface area contributed by atoms with Crippen molar-refractivity contribution in [3.05, 3.63) is 35.4 Å². The van der Waals surface area contributed by atoms with E-state index in [-0.39, 0.29) is 5.97 Å². The summed E-state index contributed by atoms with van der Waals surface area (Å²) >= 11 is 0. The molecule has 2 fully saturated rings. The van der Waals surface area contributed by atoms with Gasteiger partial charge in [0.15, 0.2) is 0 Å². The van der Waals surface area contributed by atoms with Gasteiger partial charge in [-0.15, -0.1) is 0 Å². The topological polar surface area (TPSA) is 48.0 Å². The molecule has 0 bridgehead atoms. The second-order valence-electron chi connectivity index (χ2n) is 9.13. The number of hydrogen-bond acceptors (Lipinski definition) is 5. The van der Waals surface area contributed by atoms with Crippen LogP contribution >= 0.6 is 0 Å². The van der Waals surface area contributed by atoms with Crippen LogP contribution in [0.15, 0.2) is 24.3 Å². The minimum absolute atomic E-state index is 0.261. The maximum absolute atomic E-state index is 11.6. The van der Waals surface area contributed by atoms with Gasteiger partial charge in [0.05, 0.1) is 18.8 Å². The zero-order valence-electron chi connectivity index (χ0n) is 19.5. The second-order valence-corrected chi connectivity index (χ2v) is 9.13. The Balaban J connectivity index is 1.31. The summed E-state index contributed by atoms with van der Waals surface area (Å²) in [4.78, 5) is 14.3. The highest BCUT2D eigenvalue weighted by molar-refractivity contribution is 5.89. The Morgan fingerprint density at radius 2 is 1.52 bits per heavy atom. The third-order valence-electron chi connectivity index (χ3n) is 7.09. The summed E-state index contributed by atoms with van der Waals surface area (Å²) in [5, 5.41) is 0. The van der Waals surface area contributed by atoms with E-state index in [0.29, 0.717) is 17.6 Å². The molecule has 1 aromatic rings. The maximum Gasteiger partial charge on any atom is 0.337 e. The van der Waals surface area contributed by atoms with Gasteiger partial charge in [0.25, 0.3) is 0 Å². The first-order valence-electron chi connectivity index (χ1n) is 12.2. The number of carbonyl (C=O) groups excluding carboxylic acids is 1. The van der Waals surface area contributed by atoms with Crippen LogP contribution in [0.5, 0.6) is 0 Å². The summed E-state index contributed by atoms with van der Waals surface area (Å²) in [5.41, 5.74) is 1.99. The first-order valence-corrected chi connectivity index (χ1v) is 12.2. The normalized spacial score (nSPS) is 23.0. The van der Waals surface area contributed by atoms with Gasteiger partial charge in [-0.3, -0.25) is 0 Å². The Hall–Kier alpha value is -1.43. The summed E-state index contributed by atoms with van der Waals surface area (Å²) in [6, 6.07) is 8.74. The van der Waals surface area contributed by atoms with Gasteiger partial charge in [0.2, 0.25) is 0 Å². The van der Waals surface area contributed by atoms with Crippen molar-refractivity contribution < 1.29 is 19.0 Å². The zero-order valence-corrected chi connectivity index (χ0v) is 19.5. The number of benzene rings is 1. The Bertz CT molecular complexity index is 631. The highest BCUT2D eigenvalue weighted by Gasteiger charge is 2.29. The molecular formula is C26H41NO4. The van der Waals surface area contributed by atoms with Gasteiger partial charge in [0, 0.05) is 26.4 Å². The Morgan fingerprint density at radius 1 is 0.871 bits per heavy atom. The Labute approximate surface area is 188 Å². The number of unbranched alkanes of at least 4 members (excludes halogenated alkanes) is 3. The average molecular weight is 432 g/mol. The molecule has 31 heavy (non-hydrogen) atoms. The Kier molecular flexibility index (Phi) is 10.3. The van der Waals surface area contributed by atoms with E-state index in [1.807, 2.05) is 12.1 Å². The molecule has 5 nitrogen and oxygen atoms in total. The van der Waals surface area contributed by atoms with Gasteiger partial charge in [-0.1, -0.05) is 25.0 Å². The molecular weight excluding hydrogens is 390 g/mol. The van der Waals surface area contributed by atoms with Crippen molar-refractivity contribution in [3.8, 4) is 0 Å². The van der Waals surface area contributed by atoms with Crippen LogP contribution in [0, 0.1) is 0 Å². The predicted molar refractivity (Wildman–Crippen MR) is 124 cm³/mol. The number of methoxy groups -OCH3 is 2. The van der Waals surface area contributed by atoms with E-state index in [2.05, 4.69) is 17.0 Å². The van der Waals surface area contributed by atoms with E-state index in [1.165, 1.54) is 83.6 Å². The lowest BCUT2D eigenvalue weighted by atomic mass is 9.86. The third-order valence-corrected chi connectivity index (χ3v) is 7.09. The molecule has 1 aliphatic carbocycles. The van der Waals surface area contributed by atoms with Crippen LogP contribution in [0.3, 0.4) is 0 Å². The number of carbonyl (C=O) groups is 1. The lowest BCUT2D eigenvalue weighted by Gasteiger charge is -2.41. The zero-order chi connectivity index (χ0) is 21.9. The van der Waals surface area contributed by atoms with Gasteiger partial charge in [-0.25, -0.2) is 4.79 Å². The molecule has 1 heterocycles. The summed E-state index contributed by atoms with van der Waals surface area (Å²) in [6.07, 6.45) is 12.7. The van der Waals surface area contributed by atoms with Crippen LogP contribution in [-0.4, -0.2) is 63.5 Å². The number of hydrogen-bond donors (Lipinski definition) is 0. The molecule has 1 saturated carbocycles. The largest absolute Gasteiger partial charge is 0.465 e. The van der Waals surface area contributed by atoms with E-state index in [0.717, 1.165) is 25.7 Å². The number of piperidine rings is 1. The van der Waals surface area contributed by atoms with Crippen LogP contribution in [0.25, 0.3) is 0 Å². The van der Waals surface area contributed by atoms with E-state index in [4.69, 9.17) is 14.2 Å². The highest BCUT2D eigenvalue weighted by Crippen LogP contribution is 2.32. The first-order chi connectivity index (χ1) is 15.2. The average Bonchev–Trinajstić information content (AvgIpc) is 2.83. The fourth-order valence-corrected chi connectivity index (χ4v) is 5.14. The van der Waals surface area contributed by atoms with E-state index in [1.54, 1.807) is 7.11 Å². The summed E-state index contributed by atoms with van der Waals surface area (Å²) in [7, 11) is 3.20. The fourth-order valence-electron chi connectivity index (χ4n) is 5.14. The molecule has 0 unspecified atom stereocenters. The highest BCUT2D eigenvalue weighted by atomic mass is 16.5. The van der Waals surface area contributed by atoms with Crippen molar-refractivity contribution in [1.82, 2.24) is 4.90 Å². The number of ether oxygens (including phenoxy) is 3. The SMILES string of the molecule is COCCCCCCOC1CCC(N2CCC(c3ccc(C(=O)OC)cc3)CC2)CC1. The minimum Gasteiger partial charge on any atom is -0.465 e. The standard InChI is InChI=1S/C26H41NO4/c1-29-19-5-3-4-6-20-31-25-13-11-24(12-14-25)27-17-15-22(16-18-27)21-7-9-23(10-8-21)26(28)30-2/h7-10,22,24-25H,3-6,11-20H2,1-2H3. The van der Waals surface area contributed by atoms with E-state index >= 15 is 0 Å². The Morgan fingerprint density at radius 3 is 2.13 bits per heavy atom. The molecule has 2 aliphatic rings. The molecule has 1 aliphatic heterocycles. The quantitative estimate of drug-likeness (QED) is 0.357. The van der Waals surface area contributed by atoms with Gasteiger partial charge in [-0.05, 0) is 88.1 Å². The smallest absolute Gasteiger partial charge is 0.337 e. The van der Waals surface area contributed by atoms with Crippen molar-refractivity contribution >= 4 is 5.97 Å². The van der Waals surface area contributed by atoms with Crippen LogP contribution in [0.2, 0.25) is 0 Å². The predicted octanol–water partition coefficient (Wildman–Crippen LogP) is 5.19. The molecule has 0 N–H and O–H groups in total. The lowest BCUT2D eigenvalue weighted by molar-refractivity contribution is 0.00195.